The second-order valence-electron chi connectivity index (χ2n) is 3.70. The zero-order chi connectivity index (χ0) is 12.3. The zero-order valence-corrected chi connectivity index (χ0v) is 9.19. The van der Waals surface area contributed by atoms with E-state index in [0.29, 0.717) is 11.1 Å². The molecule has 5 heteroatoms. The Morgan fingerprint density at radius 3 is 2.50 bits per heavy atom. The summed E-state index contributed by atoms with van der Waals surface area (Å²) < 4.78 is 0. The summed E-state index contributed by atoms with van der Waals surface area (Å²) >= 11 is 0. The first-order valence-electron chi connectivity index (χ1n) is 4.82. The smallest absolute Gasteiger partial charge is 0.272 e. The first-order valence-corrected chi connectivity index (χ1v) is 4.82. The van der Waals surface area contributed by atoms with Crippen molar-refractivity contribution in [2.24, 2.45) is 0 Å². The molecule has 1 N–H and O–H groups in total. The third-order valence-corrected chi connectivity index (χ3v) is 2.42. The lowest BCUT2D eigenvalue weighted by Gasteiger charge is -2.06. The molecule has 0 aliphatic rings. The molecule has 86 valence electrons. The van der Waals surface area contributed by atoms with Crippen LogP contribution in [0, 0.1) is 24.0 Å². The van der Waals surface area contributed by atoms with Crippen molar-refractivity contribution in [3.8, 4) is 0 Å². The molecule has 0 spiro atoms. The number of aliphatic hydroxyl groups is 1. The molecule has 0 bridgehead atoms. The van der Waals surface area contributed by atoms with E-state index in [0.717, 1.165) is 5.56 Å². The molecule has 0 unspecified atom stereocenters. The second kappa shape index (κ2) is 4.85. The highest BCUT2D eigenvalue weighted by Gasteiger charge is 2.14. The fourth-order valence-electron chi connectivity index (χ4n) is 1.52. The number of ketones is 1. The van der Waals surface area contributed by atoms with Crippen LogP contribution in [0.5, 0.6) is 0 Å². The Labute approximate surface area is 92.9 Å². The van der Waals surface area contributed by atoms with E-state index in [1.54, 1.807) is 19.9 Å². The number of aryl methyl sites for hydroxylation is 2. The van der Waals surface area contributed by atoms with Gasteiger partial charge in [0.1, 0.15) is 6.61 Å². The lowest BCUT2D eigenvalue weighted by molar-refractivity contribution is -0.385. The third kappa shape index (κ3) is 2.64. The minimum atomic E-state index is -0.504. The normalized spacial score (nSPS) is 10.2. The summed E-state index contributed by atoms with van der Waals surface area (Å²) in [6.07, 6.45) is 0.112. The summed E-state index contributed by atoms with van der Waals surface area (Å²) in [5, 5.41) is 19.3. The Bertz CT molecular complexity index is 440. The first-order chi connectivity index (χ1) is 7.45. The predicted molar refractivity (Wildman–Crippen MR) is 58.4 cm³/mol. The monoisotopic (exact) mass is 223 g/mol. The van der Waals surface area contributed by atoms with Crippen molar-refractivity contribution in [2.75, 3.05) is 6.61 Å². The minimum absolute atomic E-state index is 0.0534. The van der Waals surface area contributed by atoms with Crippen LogP contribution in [-0.2, 0) is 11.2 Å². The van der Waals surface area contributed by atoms with E-state index in [1.165, 1.54) is 6.07 Å². The van der Waals surface area contributed by atoms with E-state index in [1.807, 2.05) is 0 Å². The molecule has 5 nitrogen and oxygen atoms in total. The summed E-state index contributed by atoms with van der Waals surface area (Å²) in [5.41, 5.74) is 2.00. The summed E-state index contributed by atoms with van der Waals surface area (Å²) in [6, 6.07) is 3.08. The molecule has 0 aliphatic heterocycles. The molecule has 0 heterocycles. The maximum atomic E-state index is 11.1. The average molecular weight is 223 g/mol. The predicted octanol–water partition coefficient (Wildman–Crippen LogP) is 1.32. The topological polar surface area (TPSA) is 80.4 Å². The number of hydrogen-bond donors (Lipinski definition) is 1. The highest BCUT2D eigenvalue weighted by Crippen LogP contribution is 2.22. The van der Waals surface area contributed by atoms with Gasteiger partial charge in [-0.15, -0.1) is 0 Å². The van der Waals surface area contributed by atoms with Gasteiger partial charge in [-0.3, -0.25) is 14.9 Å². The summed E-state index contributed by atoms with van der Waals surface area (Å²) in [6.45, 7) is 2.84. The molecule has 1 aromatic carbocycles. The van der Waals surface area contributed by atoms with Crippen LogP contribution < -0.4 is 0 Å². The average Bonchev–Trinajstić information content (AvgIpc) is 2.22. The Kier molecular flexibility index (Phi) is 3.73. The van der Waals surface area contributed by atoms with E-state index in [2.05, 4.69) is 0 Å². The number of Topliss-reactive ketones (excluding diaryl/α,β-unsaturated/α-hetero) is 1. The summed E-state index contributed by atoms with van der Waals surface area (Å²) in [4.78, 5) is 21.3. The van der Waals surface area contributed by atoms with E-state index in [-0.39, 0.29) is 17.9 Å². The Hall–Kier alpha value is -1.75. The van der Waals surface area contributed by atoms with Gasteiger partial charge in [0.2, 0.25) is 0 Å². The number of carbonyl (C=O) groups is 1. The molecular weight excluding hydrogens is 210 g/mol. The zero-order valence-electron chi connectivity index (χ0n) is 9.19. The van der Waals surface area contributed by atoms with Gasteiger partial charge in [-0.05, 0) is 31.0 Å². The maximum Gasteiger partial charge on any atom is 0.272 e. The van der Waals surface area contributed by atoms with Crippen molar-refractivity contribution in [3.05, 3.63) is 38.9 Å². The molecule has 0 amide bonds. The number of nitrogens with zero attached hydrogens (tertiary/aromatic N) is 1. The molecule has 0 saturated carbocycles. The van der Waals surface area contributed by atoms with Crippen LogP contribution in [0.1, 0.15) is 16.7 Å². The van der Waals surface area contributed by atoms with E-state index in [9.17, 15) is 14.9 Å². The number of carbonyl (C=O) groups excluding carboxylic acids is 1. The van der Waals surface area contributed by atoms with E-state index < -0.39 is 11.5 Å². The van der Waals surface area contributed by atoms with Crippen LogP contribution in [0.25, 0.3) is 0 Å². The molecule has 0 atom stereocenters. The molecule has 0 aromatic heterocycles. The van der Waals surface area contributed by atoms with Crippen LogP contribution >= 0.6 is 0 Å². The number of hydrogen-bond acceptors (Lipinski definition) is 4. The number of benzene rings is 1. The highest BCUT2D eigenvalue weighted by molar-refractivity contribution is 5.82. The molecule has 1 rings (SSSR count). The van der Waals surface area contributed by atoms with Gasteiger partial charge in [-0.25, -0.2) is 0 Å². The van der Waals surface area contributed by atoms with Crippen molar-refractivity contribution < 1.29 is 14.8 Å². The van der Waals surface area contributed by atoms with Crippen LogP contribution in [-0.4, -0.2) is 22.4 Å². The van der Waals surface area contributed by atoms with Crippen LogP contribution in [0.3, 0.4) is 0 Å². The minimum Gasteiger partial charge on any atom is -0.389 e. The third-order valence-electron chi connectivity index (χ3n) is 2.42. The Balaban J connectivity index is 3.10. The van der Waals surface area contributed by atoms with Gasteiger partial charge in [-0.1, -0.05) is 0 Å². The first kappa shape index (κ1) is 12.3. The van der Waals surface area contributed by atoms with Crippen molar-refractivity contribution in [2.45, 2.75) is 20.3 Å². The maximum absolute atomic E-state index is 11.1. The van der Waals surface area contributed by atoms with Crippen molar-refractivity contribution >= 4 is 11.5 Å². The second-order valence-corrected chi connectivity index (χ2v) is 3.70. The van der Waals surface area contributed by atoms with Crippen molar-refractivity contribution in [1.29, 1.82) is 0 Å². The lowest BCUT2D eigenvalue weighted by atomic mass is 9.99. The van der Waals surface area contributed by atoms with E-state index >= 15 is 0 Å². The van der Waals surface area contributed by atoms with Gasteiger partial charge in [-0.2, -0.15) is 0 Å². The lowest BCUT2D eigenvalue weighted by Crippen LogP contribution is -2.09. The Morgan fingerprint density at radius 1 is 1.38 bits per heavy atom. The summed E-state index contributed by atoms with van der Waals surface area (Å²) in [7, 11) is 0. The van der Waals surface area contributed by atoms with Gasteiger partial charge in [0.25, 0.3) is 5.69 Å². The molecule has 16 heavy (non-hydrogen) atoms. The molecule has 0 aliphatic carbocycles. The van der Waals surface area contributed by atoms with Gasteiger partial charge in [0.15, 0.2) is 5.78 Å². The molecule has 1 aromatic rings. The quantitative estimate of drug-likeness (QED) is 0.616. The van der Waals surface area contributed by atoms with Gasteiger partial charge < -0.3 is 5.11 Å². The number of nitro benzene ring substituents is 1. The fourth-order valence-corrected chi connectivity index (χ4v) is 1.52. The number of rotatable bonds is 4. The fraction of sp³-hybridized carbons (Fsp3) is 0.364. The molecule has 0 radical (unpaired) electrons. The standard InChI is InChI=1S/C11H13NO4/c1-7-4-11(12(15)16)8(2)3-9(7)5-10(14)6-13/h3-4,13H,5-6H2,1-2H3. The van der Waals surface area contributed by atoms with Crippen LogP contribution in [0.4, 0.5) is 5.69 Å². The highest BCUT2D eigenvalue weighted by atomic mass is 16.6. The number of nitro groups is 1. The van der Waals surface area contributed by atoms with Gasteiger partial charge in [0, 0.05) is 18.1 Å². The SMILES string of the molecule is Cc1cc([N+](=O)[O-])c(C)cc1CC(=O)CO. The number of aliphatic hydroxyl groups excluding tert-OH is 1. The largest absolute Gasteiger partial charge is 0.389 e. The van der Waals surface area contributed by atoms with Gasteiger partial charge >= 0.3 is 0 Å². The van der Waals surface area contributed by atoms with E-state index in [4.69, 9.17) is 5.11 Å². The molecular formula is C11H13NO4. The van der Waals surface area contributed by atoms with Gasteiger partial charge in [0.05, 0.1) is 4.92 Å². The molecule has 0 saturated heterocycles. The van der Waals surface area contributed by atoms with Crippen LogP contribution in [0.2, 0.25) is 0 Å². The Morgan fingerprint density at radius 2 is 2.00 bits per heavy atom. The van der Waals surface area contributed by atoms with Crippen LogP contribution in [0.15, 0.2) is 12.1 Å². The van der Waals surface area contributed by atoms with Crippen molar-refractivity contribution in [3.63, 3.8) is 0 Å². The summed E-state index contributed by atoms with van der Waals surface area (Å²) in [5.74, 6) is -0.295. The van der Waals surface area contributed by atoms with Crippen molar-refractivity contribution in [1.82, 2.24) is 0 Å². The molecule has 0 fully saturated rings.